The van der Waals surface area contributed by atoms with Crippen LogP contribution >= 0.6 is 0 Å². The van der Waals surface area contributed by atoms with E-state index >= 15 is 0 Å². The molecule has 0 aliphatic carbocycles. The molecule has 0 saturated heterocycles. The lowest BCUT2D eigenvalue weighted by Gasteiger charge is -2.19. The summed E-state index contributed by atoms with van der Waals surface area (Å²) in [6.45, 7) is 0.624. The summed E-state index contributed by atoms with van der Waals surface area (Å²) in [5.74, 6) is 0.260. The summed E-state index contributed by atoms with van der Waals surface area (Å²) in [6, 6.07) is 5.47. The first kappa shape index (κ1) is 12.5. The van der Waals surface area contributed by atoms with Crippen LogP contribution in [0.15, 0.2) is 23.1 Å². The summed E-state index contributed by atoms with van der Waals surface area (Å²) in [5, 5.41) is 8.95. The van der Waals surface area contributed by atoms with Gasteiger partial charge in [0, 0.05) is 6.54 Å². The summed E-state index contributed by atoms with van der Waals surface area (Å²) in [5.41, 5.74) is 1.96. The highest BCUT2D eigenvalue weighted by Crippen LogP contribution is 2.26. The van der Waals surface area contributed by atoms with Gasteiger partial charge in [-0.25, -0.2) is 8.42 Å². The van der Waals surface area contributed by atoms with Crippen molar-refractivity contribution in [2.24, 2.45) is 0 Å². The predicted octanol–water partition coefficient (Wildman–Crippen LogP) is 0.788. The van der Waals surface area contributed by atoms with Gasteiger partial charge in [0.25, 0.3) is 0 Å². The highest BCUT2D eigenvalue weighted by atomic mass is 32.2. The molecule has 1 N–H and O–H groups in total. The summed E-state index contributed by atoms with van der Waals surface area (Å²) in [6.07, 6.45) is 1.53. The molecule has 0 bridgehead atoms. The largest absolute Gasteiger partial charge is 0.381 e. The Bertz CT molecular complexity index is 510. The molecule has 4 nitrogen and oxygen atoms in total. The first-order chi connectivity index (χ1) is 8.03. The normalized spacial score (nSPS) is 18.1. The van der Waals surface area contributed by atoms with Crippen molar-refractivity contribution in [2.75, 3.05) is 19.5 Å². The lowest BCUT2D eigenvalue weighted by Crippen LogP contribution is -2.20. The van der Waals surface area contributed by atoms with E-state index in [4.69, 9.17) is 5.11 Å². The zero-order valence-corrected chi connectivity index (χ0v) is 10.7. The lowest BCUT2D eigenvalue weighted by atomic mass is 10.1. The smallest absolute Gasteiger partial charge is 0.178 e. The van der Waals surface area contributed by atoms with Gasteiger partial charge in [-0.2, -0.15) is 0 Å². The second-order valence-corrected chi connectivity index (χ2v) is 6.60. The van der Waals surface area contributed by atoms with Gasteiger partial charge < -0.3 is 5.11 Å². The number of aryl methyl sites for hydroxylation is 1. The average Bonchev–Trinajstić information content (AvgIpc) is 2.28. The minimum Gasteiger partial charge on any atom is -0.381 e. The molecule has 2 rings (SSSR count). The molecule has 1 heterocycles. The maximum absolute atomic E-state index is 11.8. The van der Waals surface area contributed by atoms with Crippen molar-refractivity contribution < 1.29 is 13.5 Å². The minimum atomic E-state index is -3.06. The third kappa shape index (κ3) is 2.68. The molecule has 17 heavy (non-hydrogen) atoms. The van der Waals surface area contributed by atoms with E-state index in [0.717, 1.165) is 17.5 Å². The van der Waals surface area contributed by atoms with Crippen molar-refractivity contribution in [1.82, 2.24) is 4.90 Å². The molecular formula is C12H17NO3S. The highest BCUT2D eigenvalue weighted by molar-refractivity contribution is 7.91. The maximum atomic E-state index is 11.8. The second kappa shape index (κ2) is 4.76. The summed E-state index contributed by atoms with van der Waals surface area (Å²) < 4.78 is 23.6. The van der Waals surface area contributed by atoms with Gasteiger partial charge in [0.1, 0.15) is 0 Å². The van der Waals surface area contributed by atoms with Crippen LogP contribution in [0.2, 0.25) is 0 Å². The third-order valence-corrected chi connectivity index (χ3v) is 4.91. The fourth-order valence-corrected chi connectivity index (χ4v) is 3.73. The predicted molar refractivity (Wildman–Crippen MR) is 65.4 cm³/mol. The number of aliphatic hydroxyl groups is 1. The first-order valence-corrected chi connectivity index (χ1v) is 7.32. The molecule has 1 aromatic carbocycles. The second-order valence-electron chi connectivity index (χ2n) is 4.52. The minimum absolute atomic E-state index is 0.00458. The van der Waals surface area contributed by atoms with Crippen LogP contribution in [0.4, 0.5) is 0 Å². The van der Waals surface area contributed by atoms with Crippen molar-refractivity contribution in [1.29, 1.82) is 0 Å². The Labute approximate surface area is 102 Å². The topological polar surface area (TPSA) is 57.6 Å². The Morgan fingerprint density at radius 2 is 2.18 bits per heavy atom. The average molecular weight is 255 g/mol. The molecule has 94 valence electrons. The van der Waals surface area contributed by atoms with Gasteiger partial charge in [-0.15, -0.1) is 0 Å². The van der Waals surface area contributed by atoms with Gasteiger partial charge in [-0.05, 0) is 37.1 Å². The molecule has 0 radical (unpaired) electrons. The standard InChI is InChI=1S/C12H17NO3S/c1-13(9-14)8-10-4-5-12-11(7-10)3-2-6-17(12,15)16/h4-5,7,14H,2-3,6,8-9H2,1H3. The van der Waals surface area contributed by atoms with Crippen LogP contribution in [0.1, 0.15) is 17.5 Å². The van der Waals surface area contributed by atoms with Crippen molar-refractivity contribution in [2.45, 2.75) is 24.3 Å². The van der Waals surface area contributed by atoms with E-state index in [1.165, 1.54) is 0 Å². The van der Waals surface area contributed by atoms with E-state index in [2.05, 4.69) is 0 Å². The molecule has 0 amide bonds. The van der Waals surface area contributed by atoms with Crippen LogP contribution in [-0.4, -0.2) is 38.0 Å². The zero-order chi connectivity index (χ0) is 12.5. The van der Waals surface area contributed by atoms with Crippen LogP contribution in [0.5, 0.6) is 0 Å². The number of hydrogen-bond donors (Lipinski definition) is 1. The summed E-state index contributed by atoms with van der Waals surface area (Å²) in [4.78, 5) is 2.25. The Morgan fingerprint density at radius 3 is 2.88 bits per heavy atom. The maximum Gasteiger partial charge on any atom is 0.178 e. The van der Waals surface area contributed by atoms with Crippen LogP contribution in [0, 0.1) is 0 Å². The van der Waals surface area contributed by atoms with Crippen LogP contribution < -0.4 is 0 Å². The molecule has 0 saturated carbocycles. The van der Waals surface area contributed by atoms with E-state index < -0.39 is 9.84 Å². The number of sulfone groups is 1. The lowest BCUT2D eigenvalue weighted by molar-refractivity contribution is 0.127. The van der Waals surface area contributed by atoms with Gasteiger partial charge in [-0.3, -0.25) is 4.90 Å². The number of benzene rings is 1. The van der Waals surface area contributed by atoms with Gasteiger partial charge in [0.2, 0.25) is 0 Å². The molecular weight excluding hydrogens is 238 g/mol. The fraction of sp³-hybridized carbons (Fsp3) is 0.500. The third-order valence-electron chi connectivity index (χ3n) is 3.01. The number of aliphatic hydroxyl groups excluding tert-OH is 1. The van der Waals surface area contributed by atoms with Crippen LogP contribution in [0.25, 0.3) is 0 Å². The van der Waals surface area contributed by atoms with Gasteiger partial charge in [0.15, 0.2) is 9.84 Å². The monoisotopic (exact) mass is 255 g/mol. The zero-order valence-electron chi connectivity index (χ0n) is 9.89. The molecule has 0 aromatic heterocycles. The number of rotatable bonds is 3. The van der Waals surface area contributed by atoms with Crippen molar-refractivity contribution in [3.05, 3.63) is 29.3 Å². The SMILES string of the molecule is CN(CO)Cc1ccc2c(c1)CCCS2(=O)=O. The van der Waals surface area contributed by atoms with E-state index in [-0.39, 0.29) is 12.5 Å². The Morgan fingerprint density at radius 1 is 1.41 bits per heavy atom. The quantitative estimate of drug-likeness (QED) is 0.811. The van der Waals surface area contributed by atoms with Gasteiger partial charge in [-0.1, -0.05) is 12.1 Å². The molecule has 0 atom stereocenters. The van der Waals surface area contributed by atoms with Crippen LogP contribution in [-0.2, 0) is 22.8 Å². The Balaban J connectivity index is 2.32. The molecule has 0 unspecified atom stereocenters. The van der Waals surface area contributed by atoms with E-state index in [1.54, 1.807) is 11.0 Å². The molecule has 0 fully saturated rings. The van der Waals surface area contributed by atoms with E-state index in [1.807, 2.05) is 19.2 Å². The first-order valence-electron chi connectivity index (χ1n) is 5.67. The van der Waals surface area contributed by atoms with Gasteiger partial charge >= 0.3 is 0 Å². The molecule has 1 aromatic rings. The number of hydrogen-bond acceptors (Lipinski definition) is 4. The molecule has 5 heteroatoms. The molecule has 0 spiro atoms. The molecule has 1 aliphatic rings. The fourth-order valence-electron chi connectivity index (χ4n) is 2.15. The van der Waals surface area contributed by atoms with E-state index in [9.17, 15) is 8.42 Å². The van der Waals surface area contributed by atoms with E-state index in [0.29, 0.717) is 17.9 Å². The number of nitrogens with zero attached hydrogens (tertiary/aromatic N) is 1. The number of fused-ring (bicyclic) bond motifs is 1. The van der Waals surface area contributed by atoms with Crippen LogP contribution in [0.3, 0.4) is 0 Å². The molecule has 1 aliphatic heterocycles. The van der Waals surface area contributed by atoms with Crippen molar-refractivity contribution >= 4 is 9.84 Å². The van der Waals surface area contributed by atoms with Crippen molar-refractivity contribution in [3.63, 3.8) is 0 Å². The van der Waals surface area contributed by atoms with Crippen molar-refractivity contribution in [3.8, 4) is 0 Å². The van der Waals surface area contributed by atoms with Gasteiger partial charge in [0.05, 0.1) is 17.4 Å². The Hall–Kier alpha value is -0.910. The summed E-state index contributed by atoms with van der Waals surface area (Å²) >= 11 is 0. The summed E-state index contributed by atoms with van der Waals surface area (Å²) in [7, 11) is -1.24. The highest BCUT2D eigenvalue weighted by Gasteiger charge is 2.23. The Kier molecular flexibility index (Phi) is 3.51.